The number of rotatable bonds is 4. The van der Waals surface area contributed by atoms with Crippen LogP contribution in [0.1, 0.15) is 34.6 Å². The highest BCUT2D eigenvalue weighted by atomic mass is 16.6. The molecule has 1 aromatic heterocycles. The minimum Gasteiger partial charge on any atom is -0.496 e. The predicted molar refractivity (Wildman–Crippen MR) is 109 cm³/mol. The van der Waals surface area contributed by atoms with Crippen LogP contribution in [-0.4, -0.2) is 18.0 Å². The zero-order valence-electron chi connectivity index (χ0n) is 16.4. The van der Waals surface area contributed by atoms with Crippen LogP contribution >= 0.6 is 0 Å². The Balaban J connectivity index is 1.58. The number of aromatic nitrogens is 1. The van der Waals surface area contributed by atoms with E-state index in [9.17, 15) is 0 Å². The van der Waals surface area contributed by atoms with Gasteiger partial charge in [-0.15, -0.1) is 0 Å². The number of aryl methyl sites for hydroxylation is 3. The minimum absolute atomic E-state index is 0.681. The average molecular weight is 374 g/mol. The van der Waals surface area contributed by atoms with E-state index >= 15 is 0 Å². The monoisotopic (exact) mass is 374 g/mol. The summed E-state index contributed by atoms with van der Waals surface area (Å²) in [4.78, 5) is 5.73. The van der Waals surface area contributed by atoms with E-state index in [0.717, 1.165) is 56.5 Å². The van der Waals surface area contributed by atoms with Crippen LogP contribution < -0.4 is 4.74 Å². The van der Waals surface area contributed by atoms with Crippen LogP contribution in [0, 0.1) is 20.8 Å². The fourth-order valence-corrected chi connectivity index (χ4v) is 3.55. The fourth-order valence-electron chi connectivity index (χ4n) is 3.55. The van der Waals surface area contributed by atoms with E-state index in [1.165, 1.54) is 0 Å². The maximum atomic E-state index is 5.73. The van der Waals surface area contributed by atoms with Gasteiger partial charge in [0.15, 0.2) is 5.76 Å². The molecule has 1 aliphatic heterocycles. The van der Waals surface area contributed by atoms with Crippen molar-refractivity contribution >= 4 is 11.5 Å². The molecule has 2 heterocycles. The molecule has 28 heavy (non-hydrogen) atoms. The molecule has 5 heteroatoms. The number of hydrogen-bond donors (Lipinski definition) is 0. The average Bonchev–Trinajstić information content (AvgIpc) is 3.06. The number of ether oxygens (including phenoxy) is 1. The van der Waals surface area contributed by atoms with Crippen molar-refractivity contribution in [3.63, 3.8) is 0 Å². The Morgan fingerprint density at radius 3 is 2.46 bits per heavy atom. The van der Waals surface area contributed by atoms with Crippen molar-refractivity contribution in [1.82, 2.24) is 5.16 Å². The Hall–Kier alpha value is -3.34. The van der Waals surface area contributed by atoms with Crippen LogP contribution in [0.3, 0.4) is 0 Å². The van der Waals surface area contributed by atoms with Crippen molar-refractivity contribution in [2.45, 2.75) is 27.2 Å². The van der Waals surface area contributed by atoms with Gasteiger partial charge in [-0.2, -0.15) is 0 Å². The van der Waals surface area contributed by atoms with Gasteiger partial charge in [-0.05, 0) is 56.2 Å². The number of oxime groups is 1. The predicted octanol–water partition coefficient (Wildman–Crippen LogP) is 5.44. The molecule has 1 aliphatic rings. The van der Waals surface area contributed by atoms with Crippen LogP contribution in [0.5, 0.6) is 5.75 Å². The maximum absolute atomic E-state index is 5.73. The highest BCUT2D eigenvalue weighted by Gasteiger charge is 2.18. The first-order valence-electron chi connectivity index (χ1n) is 9.20. The van der Waals surface area contributed by atoms with E-state index in [4.69, 9.17) is 14.1 Å². The number of methoxy groups -OCH3 is 1. The SMILES string of the molecule is COc1ccccc1C1=NOC(c2ccc(-c3c(C)noc3C)c(C)c2)=CC1. The third kappa shape index (κ3) is 3.20. The third-order valence-corrected chi connectivity index (χ3v) is 4.97. The van der Waals surface area contributed by atoms with Crippen molar-refractivity contribution < 1.29 is 14.1 Å². The number of allylic oxidation sites excluding steroid dienone is 1. The maximum Gasteiger partial charge on any atom is 0.161 e. The zero-order chi connectivity index (χ0) is 19.7. The van der Waals surface area contributed by atoms with Crippen molar-refractivity contribution in [2.75, 3.05) is 7.11 Å². The van der Waals surface area contributed by atoms with Crippen molar-refractivity contribution in [2.24, 2.45) is 5.16 Å². The van der Waals surface area contributed by atoms with Gasteiger partial charge in [-0.1, -0.05) is 34.6 Å². The van der Waals surface area contributed by atoms with Gasteiger partial charge in [0.2, 0.25) is 0 Å². The molecule has 5 nitrogen and oxygen atoms in total. The van der Waals surface area contributed by atoms with E-state index in [1.54, 1.807) is 7.11 Å². The van der Waals surface area contributed by atoms with Crippen LogP contribution in [-0.2, 0) is 4.84 Å². The van der Waals surface area contributed by atoms with E-state index < -0.39 is 0 Å². The molecule has 0 atom stereocenters. The first-order chi connectivity index (χ1) is 13.6. The number of nitrogens with zero attached hydrogens (tertiary/aromatic N) is 2. The van der Waals surface area contributed by atoms with Crippen molar-refractivity contribution in [1.29, 1.82) is 0 Å². The van der Waals surface area contributed by atoms with Gasteiger partial charge in [0.25, 0.3) is 0 Å². The van der Waals surface area contributed by atoms with Crippen LogP contribution in [0.15, 0.2) is 58.2 Å². The lowest BCUT2D eigenvalue weighted by Gasteiger charge is -2.16. The molecule has 0 saturated heterocycles. The quantitative estimate of drug-likeness (QED) is 0.610. The molecule has 0 fully saturated rings. The normalized spacial score (nSPS) is 13.6. The van der Waals surface area contributed by atoms with Crippen molar-refractivity contribution in [3.8, 4) is 16.9 Å². The van der Waals surface area contributed by atoms with Crippen LogP contribution in [0.4, 0.5) is 0 Å². The van der Waals surface area contributed by atoms with Gasteiger partial charge >= 0.3 is 0 Å². The minimum atomic E-state index is 0.681. The largest absolute Gasteiger partial charge is 0.496 e. The van der Waals surface area contributed by atoms with Crippen LogP contribution in [0.2, 0.25) is 0 Å². The molecule has 142 valence electrons. The Labute approximate surface area is 164 Å². The topological polar surface area (TPSA) is 56.9 Å². The molecular formula is C23H22N2O3. The number of para-hydroxylation sites is 1. The Morgan fingerprint density at radius 1 is 1.00 bits per heavy atom. The summed E-state index contributed by atoms with van der Waals surface area (Å²) in [5, 5.41) is 8.40. The molecule has 0 saturated carbocycles. The summed E-state index contributed by atoms with van der Waals surface area (Å²) >= 11 is 0. The summed E-state index contributed by atoms with van der Waals surface area (Å²) in [5.74, 6) is 2.38. The van der Waals surface area contributed by atoms with E-state index in [2.05, 4.69) is 35.4 Å². The molecule has 0 N–H and O–H groups in total. The highest BCUT2D eigenvalue weighted by molar-refractivity contribution is 6.04. The lowest BCUT2D eigenvalue weighted by molar-refractivity contribution is 0.292. The zero-order valence-corrected chi connectivity index (χ0v) is 16.4. The van der Waals surface area contributed by atoms with E-state index in [0.29, 0.717) is 6.42 Å². The summed E-state index contributed by atoms with van der Waals surface area (Å²) < 4.78 is 10.7. The molecule has 0 bridgehead atoms. The fraction of sp³-hybridized carbons (Fsp3) is 0.217. The van der Waals surface area contributed by atoms with Crippen molar-refractivity contribution in [3.05, 3.63) is 76.7 Å². The molecule has 3 aromatic rings. The Morgan fingerprint density at radius 2 is 1.82 bits per heavy atom. The molecule has 0 radical (unpaired) electrons. The molecule has 4 rings (SSSR count). The number of hydrogen-bond acceptors (Lipinski definition) is 5. The first-order valence-corrected chi connectivity index (χ1v) is 9.20. The Kier molecular flexibility index (Phi) is 4.74. The molecular weight excluding hydrogens is 352 g/mol. The summed E-state index contributed by atoms with van der Waals surface area (Å²) in [6.07, 6.45) is 2.74. The summed E-state index contributed by atoms with van der Waals surface area (Å²) in [5.41, 5.74) is 7.00. The van der Waals surface area contributed by atoms with E-state index in [-0.39, 0.29) is 0 Å². The second-order valence-electron chi connectivity index (χ2n) is 6.83. The summed E-state index contributed by atoms with van der Waals surface area (Å²) in [7, 11) is 1.66. The van der Waals surface area contributed by atoms with Gasteiger partial charge < -0.3 is 14.1 Å². The number of benzene rings is 2. The lowest BCUT2D eigenvalue weighted by Crippen LogP contribution is -2.07. The molecule has 0 amide bonds. The van der Waals surface area contributed by atoms with Crippen LogP contribution in [0.25, 0.3) is 16.9 Å². The molecule has 2 aromatic carbocycles. The second kappa shape index (κ2) is 7.35. The first kappa shape index (κ1) is 18.0. The highest BCUT2D eigenvalue weighted by Crippen LogP contribution is 2.33. The van der Waals surface area contributed by atoms with Gasteiger partial charge in [0.1, 0.15) is 11.5 Å². The second-order valence-corrected chi connectivity index (χ2v) is 6.83. The lowest BCUT2D eigenvalue weighted by atomic mass is 9.96. The smallest absolute Gasteiger partial charge is 0.161 e. The molecule has 0 unspecified atom stereocenters. The van der Waals surface area contributed by atoms with Gasteiger partial charge in [0, 0.05) is 23.1 Å². The van der Waals surface area contributed by atoms with Gasteiger partial charge in [-0.3, -0.25) is 0 Å². The van der Waals surface area contributed by atoms with E-state index in [1.807, 2.05) is 44.2 Å². The standard InChI is InChI=1S/C23H22N2O3/c1-14-13-17(9-10-18(14)23-15(2)24-27-16(23)3)21-12-11-20(25-28-21)19-7-5-6-8-22(19)26-4/h5-10,12-13H,11H2,1-4H3. The summed E-state index contributed by atoms with van der Waals surface area (Å²) in [6.45, 7) is 5.97. The molecule has 0 aliphatic carbocycles. The van der Waals surface area contributed by atoms with Gasteiger partial charge in [-0.25, -0.2) is 0 Å². The Bertz CT molecular complexity index is 1070. The molecule has 0 spiro atoms. The summed E-state index contributed by atoms with van der Waals surface area (Å²) in [6, 6.07) is 14.1. The third-order valence-electron chi connectivity index (χ3n) is 4.97. The van der Waals surface area contributed by atoms with Gasteiger partial charge in [0.05, 0.1) is 18.5 Å².